The Hall–Kier alpha value is -0.865. The van der Waals surface area contributed by atoms with Crippen LogP contribution in [0.2, 0.25) is 0 Å². The summed E-state index contributed by atoms with van der Waals surface area (Å²) < 4.78 is 26.6. The van der Waals surface area contributed by atoms with Gasteiger partial charge in [-0.1, -0.05) is 0 Å². The van der Waals surface area contributed by atoms with Crippen molar-refractivity contribution in [3.8, 4) is 0 Å². The van der Waals surface area contributed by atoms with Crippen LogP contribution in [0, 0.1) is 0 Å². The van der Waals surface area contributed by atoms with Gasteiger partial charge < -0.3 is 4.65 Å². The first-order valence-electron chi connectivity index (χ1n) is 2.66. The van der Waals surface area contributed by atoms with E-state index < -0.39 is 7.47 Å². The largest absolute Gasteiger partial charge is 0.796 e. The van der Waals surface area contributed by atoms with E-state index in [0.29, 0.717) is 0 Å². The van der Waals surface area contributed by atoms with Crippen LogP contribution in [0.4, 0.5) is 8.63 Å². The van der Waals surface area contributed by atoms with Crippen molar-refractivity contribution in [1.82, 2.24) is 0 Å². The van der Waals surface area contributed by atoms with E-state index in [2.05, 4.69) is 4.65 Å². The Morgan fingerprint density at radius 1 is 1.50 bits per heavy atom. The first-order chi connectivity index (χ1) is 4.52. The van der Waals surface area contributed by atoms with Gasteiger partial charge in [0.05, 0.1) is 5.76 Å². The molecule has 56 valence electrons. The third-order valence-corrected chi connectivity index (χ3v) is 0.682. The predicted octanol–water partition coefficient (Wildman–Crippen LogP) is 1.42. The molecule has 0 rings (SSSR count). The Balaban J connectivity index is 3.83. The molecular formula is C5H7BF2O2. The van der Waals surface area contributed by atoms with Crippen LogP contribution in [-0.2, 0) is 9.45 Å². The van der Waals surface area contributed by atoms with Crippen molar-refractivity contribution in [2.45, 2.75) is 13.8 Å². The molecule has 0 spiro atoms. The molecule has 5 heteroatoms. The molecule has 0 N–H and O–H groups in total. The minimum absolute atomic E-state index is 0.0671. The monoisotopic (exact) mass is 148 g/mol. The fourth-order valence-corrected chi connectivity index (χ4v) is 0.461. The van der Waals surface area contributed by atoms with Gasteiger partial charge in [-0.2, -0.15) is 0 Å². The molecule has 0 radical (unpaired) electrons. The molecule has 0 saturated carbocycles. The third-order valence-electron chi connectivity index (χ3n) is 0.682. The molecule has 0 saturated heterocycles. The van der Waals surface area contributed by atoms with Gasteiger partial charge in [-0.05, 0) is 13.8 Å². The number of rotatable bonds is 3. The van der Waals surface area contributed by atoms with E-state index in [-0.39, 0.29) is 11.5 Å². The molecule has 2 nitrogen and oxygen atoms in total. The van der Waals surface area contributed by atoms with E-state index in [9.17, 15) is 13.4 Å². The maximum absolute atomic E-state index is 11.4. The minimum Gasteiger partial charge on any atom is -0.509 e. The third kappa shape index (κ3) is 5.28. The molecule has 10 heavy (non-hydrogen) atoms. The maximum Gasteiger partial charge on any atom is 0.796 e. The normalized spacial score (nSPS) is 11.0. The van der Waals surface area contributed by atoms with E-state index in [0.717, 1.165) is 6.08 Å². The highest BCUT2D eigenvalue weighted by atomic mass is 19.2. The SMILES string of the molecule is CC(=O)/C=C(/C)OB(F)F. The lowest BCUT2D eigenvalue weighted by molar-refractivity contribution is -0.112. The van der Waals surface area contributed by atoms with Crippen LogP contribution >= 0.6 is 0 Å². The zero-order valence-electron chi connectivity index (χ0n) is 5.73. The number of halogens is 2. The summed E-state index contributed by atoms with van der Waals surface area (Å²) in [6.45, 7) is 2.56. The lowest BCUT2D eigenvalue weighted by Gasteiger charge is -1.98. The number of carbonyl (C=O) groups is 1. The van der Waals surface area contributed by atoms with Gasteiger partial charge in [-0.3, -0.25) is 4.79 Å². The topological polar surface area (TPSA) is 26.3 Å². The molecule has 0 bridgehead atoms. The van der Waals surface area contributed by atoms with Crippen LogP contribution < -0.4 is 0 Å². The van der Waals surface area contributed by atoms with Crippen molar-refractivity contribution in [3.63, 3.8) is 0 Å². The fraction of sp³-hybridized carbons (Fsp3) is 0.400. The van der Waals surface area contributed by atoms with Crippen molar-refractivity contribution >= 4 is 13.3 Å². The average molecular weight is 148 g/mol. The lowest BCUT2D eigenvalue weighted by Crippen LogP contribution is -2.03. The summed E-state index contributed by atoms with van der Waals surface area (Å²) in [4.78, 5) is 10.2. The van der Waals surface area contributed by atoms with Crippen molar-refractivity contribution in [2.24, 2.45) is 0 Å². The molecule has 0 aromatic carbocycles. The zero-order valence-corrected chi connectivity index (χ0v) is 5.73. The van der Waals surface area contributed by atoms with Gasteiger partial charge >= 0.3 is 7.47 Å². The quantitative estimate of drug-likeness (QED) is 0.343. The number of carbonyl (C=O) groups excluding carboxylic acids is 1. The van der Waals surface area contributed by atoms with Crippen molar-refractivity contribution in [2.75, 3.05) is 0 Å². The fourth-order valence-electron chi connectivity index (χ4n) is 0.461. The smallest absolute Gasteiger partial charge is 0.509 e. The van der Waals surface area contributed by atoms with Crippen LogP contribution in [0.25, 0.3) is 0 Å². The lowest BCUT2D eigenvalue weighted by atomic mass is 10.3. The Labute approximate surface area is 58.1 Å². The highest BCUT2D eigenvalue weighted by molar-refractivity contribution is 6.34. The van der Waals surface area contributed by atoms with Gasteiger partial charge in [0.25, 0.3) is 0 Å². The Morgan fingerprint density at radius 3 is 2.30 bits per heavy atom. The zero-order chi connectivity index (χ0) is 8.15. The average Bonchev–Trinajstić information content (AvgIpc) is 1.58. The molecule has 0 aliphatic carbocycles. The van der Waals surface area contributed by atoms with E-state index in [1.165, 1.54) is 13.8 Å². The first kappa shape index (κ1) is 9.13. The van der Waals surface area contributed by atoms with Crippen LogP contribution in [0.15, 0.2) is 11.8 Å². The second-order valence-corrected chi connectivity index (χ2v) is 1.74. The van der Waals surface area contributed by atoms with Gasteiger partial charge in [0.1, 0.15) is 0 Å². The molecule has 0 amide bonds. The van der Waals surface area contributed by atoms with Crippen molar-refractivity contribution in [3.05, 3.63) is 11.8 Å². The second kappa shape index (κ2) is 4.03. The van der Waals surface area contributed by atoms with E-state index >= 15 is 0 Å². The highest BCUT2D eigenvalue weighted by Gasteiger charge is 2.16. The Bertz CT molecular complexity index is 156. The molecular weight excluding hydrogens is 141 g/mol. The molecule has 0 atom stereocenters. The van der Waals surface area contributed by atoms with Crippen LogP contribution in [0.1, 0.15) is 13.8 Å². The summed E-state index contributed by atoms with van der Waals surface area (Å²) >= 11 is 0. The van der Waals surface area contributed by atoms with Gasteiger partial charge in [0.15, 0.2) is 5.78 Å². The predicted molar refractivity (Wildman–Crippen MR) is 33.5 cm³/mol. The van der Waals surface area contributed by atoms with Gasteiger partial charge in [0.2, 0.25) is 0 Å². The van der Waals surface area contributed by atoms with Crippen LogP contribution in [-0.4, -0.2) is 13.3 Å². The van der Waals surface area contributed by atoms with Gasteiger partial charge in [-0.25, -0.2) is 8.63 Å². The number of hydrogen-bond acceptors (Lipinski definition) is 2. The van der Waals surface area contributed by atoms with E-state index in [1.54, 1.807) is 0 Å². The number of ketones is 1. The van der Waals surface area contributed by atoms with Crippen molar-refractivity contribution in [1.29, 1.82) is 0 Å². The molecule has 0 heterocycles. The van der Waals surface area contributed by atoms with Crippen molar-refractivity contribution < 1.29 is 18.1 Å². The molecule has 0 aromatic heterocycles. The summed E-state index contributed by atoms with van der Waals surface area (Å²) in [7, 11) is -2.85. The summed E-state index contributed by atoms with van der Waals surface area (Å²) in [6, 6.07) is 0. The van der Waals surface area contributed by atoms with E-state index in [1.807, 2.05) is 0 Å². The number of allylic oxidation sites excluding steroid dienone is 2. The second-order valence-electron chi connectivity index (χ2n) is 1.74. The number of hydrogen-bond donors (Lipinski definition) is 0. The summed E-state index contributed by atoms with van der Waals surface area (Å²) in [5.74, 6) is -0.374. The van der Waals surface area contributed by atoms with Gasteiger partial charge in [0, 0.05) is 6.08 Å². The summed E-state index contributed by atoms with van der Waals surface area (Å²) in [5.41, 5.74) is 0. The standard InChI is InChI=1S/C5H7BF2O2/c1-4(9)3-5(2)10-6(7)8/h3H,1-2H3/b5-3-. The molecule has 0 fully saturated rings. The summed E-state index contributed by atoms with van der Waals surface area (Å²) in [5, 5.41) is 0. The van der Waals surface area contributed by atoms with Crippen LogP contribution in [0.5, 0.6) is 0 Å². The Morgan fingerprint density at radius 2 is 2.00 bits per heavy atom. The minimum atomic E-state index is -2.85. The molecule has 0 aliphatic rings. The van der Waals surface area contributed by atoms with E-state index in [4.69, 9.17) is 0 Å². The molecule has 0 unspecified atom stereocenters. The highest BCUT2D eigenvalue weighted by Crippen LogP contribution is 2.00. The van der Waals surface area contributed by atoms with Crippen LogP contribution in [0.3, 0.4) is 0 Å². The summed E-state index contributed by atoms with van der Waals surface area (Å²) in [6.07, 6.45) is 1.01. The van der Waals surface area contributed by atoms with Gasteiger partial charge in [-0.15, -0.1) is 0 Å². The molecule has 0 aromatic rings. The maximum atomic E-state index is 11.4. The Kier molecular flexibility index (Phi) is 3.68. The molecule has 0 aliphatic heterocycles. The first-order valence-corrected chi connectivity index (χ1v) is 2.66.